The molecule has 7 nitrogen and oxygen atoms in total. The van der Waals surface area contributed by atoms with Crippen LogP contribution < -0.4 is 11.0 Å². The lowest BCUT2D eigenvalue weighted by Crippen LogP contribution is -2.39. The summed E-state index contributed by atoms with van der Waals surface area (Å²) >= 11 is 0. The molecule has 0 atom stereocenters. The van der Waals surface area contributed by atoms with Crippen molar-refractivity contribution in [3.8, 4) is 0 Å². The lowest BCUT2D eigenvalue weighted by Gasteiger charge is -2.29. The third-order valence-electron chi connectivity index (χ3n) is 5.99. The Morgan fingerprint density at radius 2 is 1.97 bits per heavy atom. The number of nitrogens with one attached hydrogen (secondary N) is 1. The Labute approximate surface area is 169 Å². The number of amides is 1. The van der Waals surface area contributed by atoms with Crippen molar-refractivity contribution in [2.24, 2.45) is 13.0 Å². The van der Waals surface area contributed by atoms with Gasteiger partial charge in [-0.3, -0.25) is 18.9 Å². The summed E-state index contributed by atoms with van der Waals surface area (Å²) in [7, 11) is 1.79. The molecule has 4 rings (SSSR count). The maximum absolute atomic E-state index is 12.6. The highest BCUT2D eigenvalue weighted by atomic mass is 16.2. The molecule has 3 heterocycles. The number of imidazole rings is 1. The second kappa shape index (κ2) is 7.81. The number of carbonyl (C=O) groups excluding carboxylic acids is 1. The number of aromatic nitrogens is 4. The van der Waals surface area contributed by atoms with Crippen LogP contribution in [0.15, 0.2) is 35.4 Å². The summed E-state index contributed by atoms with van der Waals surface area (Å²) in [6.45, 7) is 4.48. The van der Waals surface area contributed by atoms with Crippen molar-refractivity contribution >= 4 is 17.1 Å². The first-order valence-electron chi connectivity index (χ1n) is 10.2. The van der Waals surface area contributed by atoms with Gasteiger partial charge in [-0.2, -0.15) is 0 Å². The van der Waals surface area contributed by atoms with E-state index in [1.54, 1.807) is 28.6 Å². The van der Waals surface area contributed by atoms with E-state index in [-0.39, 0.29) is 17.6 Å². The number of fused-ring (bicyclic) bond motifs is 1. The summed E-state index contributed by atoms with van der Waals surface area (Å²) in [6.07, 6.45) is 7.30. The maximum Gasteiger partial charge on any atom is 0.330 e. The van der Waals surface area contributed by atoms with Crippen molar-refractivity contribution in [1.82, 2.24) is 24.4 Å². The second-order valence-electron chi connectivity index (χ2n) is 8.14. The molecule has 1 saturated carbocycles. The van der Waals surface area contributed by atoms with Crippen LogP contribution in [0.5, 0.6) is 0 Å². The fourth-order valence-corrected chi connectivity index (χ4v) is 4.28. The summed E-state index contributed by atoms with van der Waals surface area (Å²) in [4.78, 5) is 34.0. The van der Waals surface area contributed by atoms with Gasteiger partial charge in [0.2, 0.25) is 0 Å². The van der Waals surface area contributed by atoms with Gasteiger partial charge in [0.1, 0.15) is 0 Å². The van der Waals surface area contributed by atoms with Crippen LogP contribution in [0, 0.1) is 19.8 Å². The number of nitrogens with zero attached hydrogens (tertiary/aromatic N) is 4. The van der Waals surface area contributed by atoms with Gasteiger partial charge in [0.05, 0.1) is 11.1 Å². The van der Waals surface area contributed by atoms with Gasteiger partial charge in [0.25, 0.3) is 5.91 Å². The molecule has 1 aliphatic carbocycles. The van der Waals surface area contributed by atoms with Crippen LogP contribution in [0.4, 0.5) is 0 Å². The topological polar surface area (TPSA) is 81.8 Å². The third kappa shape index (κ3) is 3.81. The van der Waals surface area contributed by atoms with E-state index in [0.29, 0.717) is 18.0 Å². The van der Waals surface area contributed by atoms with Gasteiger partial charge in [-0.05, 0) is 69.2 Å². The number of carbonyl (C=O) groups is 1. The van der Waals surface area contributed by atoms with E-state index < -0.39 is 0 Å². The van der Waals surface area contributed by atoms with Crippen LogP contribution in [0.1, 0.15) is 47.3 Å². The van der Waals surface area contributed by atoms with Crippen molar-refractivity contribution in [2.75, 3.05) is 0 Å². The van der Waals surface area contributed by atoms with Gasteiger partial charge in [-0.1, -0.05) is 0 Å². The predicted octanol–water partition coefficient (Wildman–Crippen LogP) is 2.74. The van der Waals surface area contributed by atoms with Crippen molar-refractivity contribution in [1.29, 1.82) is 0 Å². The van der Waals surface area contributed by atoms with E-state index in [1.165, 1.54) is 0 Å². The first kappa shape index (κ1) is 19.4. The molecule has 1 N–H and O–H groups in total. The normalized spacial score (nSPS) is 19.4. The summed E-state index contributed by atoms with van der Waals surface area (Å²) in [5, 5.41) is 3.17. The van der Waals surface area contributed by atoms with Gasteiger partial charge in [-0.25, -0.2) is 9.78 Å². The molecule has 0 spiro atoms. The molecule has 152 valence electrons. The molecule has 0 aliphatic heterocycles. The van der Waals surface area contributed by atoms with Crippen LogP contribution in [0.25, 0.3) is 11.2 Å². The van der Waals surface area contributed by atoms with Gasteiger partial charge in [0.15, 0.2) is 5.65 Å². The Bertz CT molecular complexity index is 1110. The van der Waals surface area contributed by atoms with Crippen LogP contribution >= 0.6 is 0 Å². The number of aryl methyl sites for hydroxylation is 3. The van der Waals surface area contributed by atoms with Gasteiger partial charge in [0, 0.05) is 37.7 Å². The lowest BCUT2D eigenvalue weighted by molar-refractivity contribution is 0.0919. The van der Waals surface area contributed by atoms with Crippen LogP contribution in [0.2, 0.25) is 0 Å². The van der Waals surface area contributed by atoms with Crippen LogP contribution in [-0.4, -0.2) is 31.1 Å². The van der Waals surface area contributed by atoms with Gasteiger partial charge in [-0.15, -0.1) is 0 Å². The lowest BCUT2D eigenvalue weighted by atomic mass is 9.85. The summed E-state index contributed by atoms with van der Waals surface area (Å²) < 4.78 is 3.45. The Morgan fingerprint density at radius 3 is 2.72 bits per heavy atom. The van der Waals surface area contributed by atoms with E-state index >= 15 is 0 Å². The largest absolute Gasteiger partial charge is 0.349 e. The molecule has 1 aliphatic rings. The molecule has 0 unspecified atom stereocenters. The Kier molecular flexibility index (Phi) is 5.22. The molecule has 7 heteroatoms. The van der Waals surface area contributed by atoms with E-state index in [2.05, 4.69) is 15.3 Å². The van der Waals surface area contributed by atoms with Crippen molar-refractivity contribution in [3.05, 3.63) is 57.9 Å². The predicted molar refractivity (Wildman–Crippen MR) is 112 cm³/mol. The monoisotopic (exact) mass is 393 g/mol. The SMILES string of the molecule is Cc1cnc(C)c(C(=O)NC2CCC(Cn3c(=O)n(C)c4cccnc43)CC2)c1. The summed E-state index contributed by atoms with van der Waals surface area (Å²) in [5.41, 5.74) is 3.98. The summed E-state index contributed by atoms with van der Waals surface area (Å²) in [5.74, 6) is 0.368. The molecule has 1 fully saturated rings. The van der Waals surface area contributed by atoms with Crippen LogP contribution in [0.3, 0.4) is 0 Å². The van der Waals surface area contributed by atoms with Crippen LogP contribution in [-0.2, 0) is 13.6 Å². The molecule has 1 amide bonds. The van der Waals surface area contributed by atoms with Crippen molar-refractivity contribution in [3.63, 3.8) is 0 Å². The minimum Gasteiger partial charge on any atom is -0.349 e. The van der Waals surface area contributed by atoms with Crippen molar-refractivity contribution < 1.29 is 4.79 Å². The highest BCUT2D eigenvalue weighted by Gasteiger charge is 2.25. The molecular formula is C22H27N5O2. The summed E-state index contributed by atoms with van der Waals surface area (Å²) in [6, 6.07) is 5.84. The Morgan fingerprint density at radius 1 is 1.21 bits per heavy atom. The van der Waals surface area contributed by atoms with E-state index in [0.717, 1.165) is 48.1 Å². The molecule has 3 aromatic heterocycles. The van der Waals surface area contributed by atoms with Crippen molar-refractivity contribution in [2.45, 2.75) is 52.1 Å². The smallest absolute Gasteiger partial charge is 0.330 e. The molecule has 29 heavy (non-hydrogen) atoms. The quantitative estimate of drug-likeness (QED) is 0.739. The first-order chi connectivity index (χ1) is 13.9. The number of rotatable bonds is 4. The number of pyridine rings is 2. The minimum absolute atomic E-state index is 0.0171. The highest BCUT2D eigenvalue weighted by molar-refractivity contribution is 5.95. The molecule has 0 bridgehead atoms. The number of hydrogen-bond acceptors (Lipinski definition) is 4. The first-order valence-corrected chi connectivity index (χ1v) is 10.2. The zero-order valence-corrected chi connectivity index (χ0v) is 17.2. The van der Waals surface area contributed by atoms with E-state index in [9.17, 15) is 9.59 Å². The van der Waals surface area contributed by atoms with E-state index in [4.69, 9.17) is 0 Å². The highest BCUT2D eigenvalue weighted by Crippen LogP contribution is 2.26. The standard InChI is InChI=1S/C22H27N5O2/c1-14-11-18(15(2)24-12-14)21(28)25-17-8-6-16(7-9-17)13-27-20-19(5-4-10-23-20)26(3)22(27)29/h4-5,10-12,16-17H,6-9,13H2,1-3H3,(H,25,28). The fraction of sp³-hybridized carbons (Fsp3) is 0.455. The zero-order chi connectivity index (χ0) is 20.5. The van der Waals surface area contributed by atoms with Gasteiger partial charge < -0.3 is 5.32 Å². The Balaban J connectivity index is 1.39. The number of hydrogen-bond donors (Lipinski definition) is 1. The van der Waals surface area contributed by atoms with E-state index in [1.807, 2.05) is 32.0 Å². The molecule has 3 aromatic rings. The molecule has 0 saturated heterocycles. The maximum atomic E-state index is 12.6. The zero-order valence-electron chi connectivity index (χ0n) is 17.2. The second-order valence-corrected chi connectivity index (χ2v) is 8.14. The minimum atomic E-state index is -0.0448. The molecule has 0 radical (unpaired) electrons. The fourth-order valence-electron chi connectivity index (χ4n) is 4.28. The molecular weight excluding hydrogens is 366 g/mol. The van der Waals surface area contributed by atoms with Gasteiger partial charge >= 0.3 is 5.69 Å². The molecule has 0 aromatic carbocycles. The average Bonchev–Trinajstić information content (AvgIpc) is 2.96. The average molecular weight is 393 g/mol. The third-order valence-corrected chi connectivity index (χ3v) is 5.99. The Hall–Kier alpha value is -2.96.